The summed E-state index contributed by atoms with van der Waals surface area (Å²) < 4.78 is 7.39. The third-order valence-corrected chi connectivity index (χ3v) is 6.88. The van der Waals surface area contributed by atoms with Gasteiger partial charge in [0.25, 0.3) is 0 Å². The Kier molecular flexibility index (Phi) is 18.9. The zero-order chi connectivity index (χ0) is 25.0. The van der Waals surface area contributed by atoms with Gasteiger partial charge in [-0.25, -0.2) is 4.79 Å². The third-order valence-electron chi connectivity index (χ3n) is 6.88. The van der Waals surface area contributed by atoms with Gasteiger partial charge in [-0.15, -0.1) is 0 Å². The molecule has 4 heteroatoms. The lowest BCUT2D eigenvalue weighted by Gasteiger charge is -2.31. The Hall–Kier alpha value is -0.870. The van der Waals surface area contributed by atoms with Gasteiger partial charge in [-0.3, -0.25) is 0 Å². The second-order valence-corrected chi connectivity index (χ2v) is 11.6. The Bertz CT molecular complexity index is 500. The molecule has 4 nitrogen and oxygen atoms in total. The van der Waals surface area contributed by atoms with Gasteiger partial charge < -0.3 is 13.7 Å². The van der Waals surface area contributed by atoms with Gasteiger partial charge in [0.2, 0.25) is 0 Å². The van der Waals surface area contributed by atoms with Crippen LogP contribution in [0.4, 0.5) is 0 Å². The number of unbranched alkanes of at least 4 members (excludes halogenated alkanes) is 12. The molecule has 0 amide bonds. The molecule has 0 aliphatic carbocycles. The van der Waals surface area contributed by atoms with Crippen molar-refractivity contribution in [3.05, 3.63) is 12.2 Å². The van der Waals surface area contributed by atoms with Crippen LogP contribution in [-0.4, -0.2) is 75.9 Å². The summed E-state index contributed by atoms with van der Waals surface area (Å²) in [6.45, 7) is 13.0. The van der Waals surface area contributed by atoms with Crippen molar-refractivity contribution in [2.24, 2.45) is 0 Å². The molecule has 0 aromatic heterocycles. The minimum absolute atomic E-state index is 0.269. The summed E-state index contributed by atoms with van der Waals surface area (Å²) in [7, 11) is 9.39. The van der Waals surface area contributed by atoms with Crippen molar-refractivity contribution in [2.45, 2.75) is 110 Å². The van der Waals surface area contributed by atoms with E-state index in [0.29, 0.717) is 12.2 Å². The van der Waals surface area contributed by atoms with Gasteiger partial charge in [-0.2, -0.15) is 0 Å². The number of ether oxygens (including phenoxy) is 1. The molecule has 0 saturated heterocycles. The van der Waals surface area contributed by atoms with Crippen molar-refractivity contribution in [1.29, 1.82) is 0 Å². The van der Waals surface area contributed by atoms with Crippen LogP contribution >= 0.6 is 0 Å². The molecule has 0 fully saturated rings. The number of quaternary nitrogens is 2. The fraction of sp³-hybridized carbons (Fsp3) is 0.897. The van der Waals surface area contributed by atoms with Gasteiger partial charge in [0.05, 0.1) is 61.0 Å². The standard InChI is InChI=1S/C29H60N2O2/c1-8-9-10-11-12-13-14-15-16-19-23-30(4,5)24-20-17-18-21-25-31(6,7)26-22-27-33-29(32)28(2)3/h2,8-27H2,1,3-7H3/q+2. The predicted molar refractivity (Wildman–Crippen MR) is 144 cm³/mol. The summed E-state index contributed by atoms with van der Waals surface area (Å²) in [5, 5.41) is 0. The van der Waals surface area contributed by atoms with E-state index in [1.165, 1.54) is 114 Å². The zero-order valence-corrected chi connectivity index (χ0v) is 23.6. The molecular formula is C29H60N2O2+2. The number of nitrogens with zero attached hydrogens (tertiary/aromatic N) is 2. The molecule has 0 aliphatic heterocycles. The lowest BCUT2D eigenvalue weighted by molar-refractivity contribution is -0.891. The maximum absolute atomic E-state index is 11.4. The van der Waals surface area contributed by atoms with Crippen molar-refractivity contribution in [3.63, 3.8) is 0 Å². The van der Waals surface area contributed by atoms with Gasteiger partial charge in [0.1, 0.15) is 0 Å². The van der Waals surface area contributed by atoms with Crippen LogP contribution in [0.2, 0.25) is 0 Å². The van der Waals surface area contributed by atoms with Gasteiger partial charge >= 0.3 is 5.97 Å². The van der Waals surface area contributed by atoms with Crippen LogP contribution in [-0.2, 0) is 9.53 Å². The summed E-state index contributed by atoms with van der Waals surface area (Å²) in [5.74, 6) is -0.269. The maximum atomic E-state index is 11.4. The normalized spacial score (nSPS) is 12.2. The van der Waals surface area contributed by atoms with E-state index in [2.05, 4.69) is 41.7 Å². The summed E-state index contributed by atoms with van der Waals surface area (Å²) in [6, 6.07) is 0. The first-order chi connectivity index (χ1) is 15.6. The van der Waals surface area contributed by atoms with E-state index in [9.17, 15) is 4.79 Å². The Balaban J connectivity index is 3.63. The van der Waals surface area contributed by atoms with E-state index in [4.69, 9.17) is 4.74 Å². The highest BCUT2D eigenvalue weighted by molar-refractivity contribution is 5.86. The second kappa shape index (κ2) is 19.4. The van der Waals surface area contributed by atoms with Crippen molar-refractivity contribution in [3.8, 4) is 0 Å². The smallest absolute Gasteiger partial charge is 0.333 e. The summed E-state index contributed by atoms with van der Waals surface area (Å²) >= 11 is 0. The molecule has 0 bridgehead atoms. The molecule has 0 spiro atoms. The Morgan fingerprint density at radius 2 is 0.939 bits per heavy atom. The highest BCUT2D eigenvalue weighted by Gasteiger charge is 2.16. The fourth-order valence-corrected chi connectivity index (χ4v) is 4.46. The van der Waals surface area contributed by atoms with Crippen LogP contribution in [0.15, 0.2) is 12.2 Å². The summed E-state index contributed by atoms with van der Waals surface area (Å²) in [5.41, 5.74) is 0.481. The van der Waals surface area contributed by atoms with Crippen molar-refractivity contribution >= 4 is 5.97 Å². The van der Waals surface area contributed by atoms with Crippen molar-refractivity contribution in [1.82, 2.24) is 0 Å². The number of carbonyl (C=O) groups excluding carboxylic acids is 1. The quantitative estimate of drug-likeness (QED) is 0.0690. The SMILES string of the molecule is C=C(C)C(=O)OCCC[N+](C)(C)CCCCCC[N+](C)(C)CCCCCCCCCCCC. The number of rotatable bonds is 23. The number of esters is 1. The van der Waals surface area contributed by atoms with Gasteiger partial charge in [0, 0.05) is 12.0 Å². The average molecular weight is 469 g/mol. The number of carbonyl (C=O) groups is 1. The summed E-state index contributed by atoms with van der Waals surface area (Å²) in [4.78, 5) is 11.4. The van der Waals surface area contributed by atoms with Crippen LogP contribution in [0.5, 0.6) is 0 Å². The molecule has 0 aliphatic rings. The van der Waals surface area contributed by atoms with E-state index in [0.717, 1.165) is 17.4 Å². The van der Waals surface area contributed by atoms with E-state index >= 15 is 0 Å². The molecule has 0 aromatic rings. The second-order valence-electron chi connectivity index (χ2n) is 11.6. The van der Waals surface area contributed by atoms with Gasteiger partial charge in [-0.1, -0.05) is 64.9 Å². The minimum Gasteiger partial charge on any atom is -0.462 e. The van der Waals surface area contributed by atoms with Crippen molar-refractivity contribution in [2.75, 3.05) is 61.0 Å². The van der Waals surface area contributed by atoms with E-state index in [1.54, 1.807) is 6.92 Å². The third kappa shape index (κ3) is 21.4. The topological polar surface area (TPSA) is 26.3 Å². The summed E-state index contributed by atoms with van der Waals surface area (Å²) in [6.07, 6.45) is 20.4. The Labute approximate surface area is 207 Å². The van der Waals surface area contributed by atoms with Crippen LogP contribution < -0.4 is 0 Å². The first-order valence-corrected chi connectivity index (χ1v) is 14.1. The van der Waals surface area contributed by atoms with Crippen LogP contribution in [0.1, 0.15) is 110 Å². The first kappa shape index (κ1) is 32.1. The highest BCUT2D eigenvalue weighted by Crippen LogP contribution is 2.13. The molecule has 0 atom stereocenters. The fourth-order valence-electron chi connectivity index (χ4n) is 4.46. The number of hydrogen-bond donors (Lipinski definition) is 0. The molecule has 33 heavy (non-hydrogen) atoms. The monoisotopic (exact) mass is 468 g/mol. The minimum atomic E-state index is -0.269. The lowest BCUT2D eigenvalue weighted by Crippen LogP contribution is -2.42. The molecule has 0 N–H and O–H groups in total. The molecule has 0 rings (SSSR count). The molecule has 196 valence electrons. The molecule has 0 saturated carbocycles. The molecule has 0 heterocycles. The van der Waals surface area contributed by atoms with Crippen LogP contribution in [0, 0.1) is 0 Å². The molecular weight excluding hydrogens is 408 g/mol. The Morgan fingerprint density at radius 3 is 1.30 bits per heavy atom. The van der Waals surface area contributed by atoms with E-state index < -0.39 is 0 Å². The van der Waals surface area contributed by atoms with Gasteiger partial charge in [0.15, 0.2) is 0 Å². The predicted octanol–water partition coefficient (Wildman–Crippen LogP) is 7.13. The van der Waals surface area contributed by atoms with Gasteiger partial charge in [-0.05, 0) is 45.4 Å². The van der Waals surface area contributed by atoms with E-state index in [-0.39, 0.29) is 5.97 Å². The lowest BCUT2D eigenvalue weighted by atomic mass is 10.1. The largest absolute Gasteiger partial charge is 0.462 e. The van der Waals surface area contributed by atoms with E-state index in [1.807, 2.05) is 0 Å². The molecule has 0 radical (unpaired) electrons. The van der Waals surface area contributed by atoms with Crippen LogP contribution in [0.3, 0.4) is 0 Å². The molecule has 0 unspecified atom stereocenters. The maximum Gasteiger partial charge on any atom is 0.333 e. The number of hydrogen-bond acceptors (Lipinski definition) is 2. The average Bonchev–Trinajstić information content (AvgIpc) is 2.74. The van der Waals surface area contributed by atoms with Crippen molar-refractivity contribution < 1.29 is 18.5 Å². The van der Waals surface area contributed by atoms with Crippen LogP contribution in [0.25, 0.3) is 0 Å². The zero-order valence-electron chi connectivity index (χ0n) is 23.6. The highest BCUT2D eigenvalue weighted by atomic mass is 16.5. The molecule has 0 aromatic carbocycles. The first-order valence-electron chi connectivity index (χ1n) is 14.1. The Morgan fingerprint density at radius 1 is 0.606 bits per heavy atom.